The van der Waals surface area contributed by atoms with Crippen LogP contribution in [0.2, 0.25) is 0 Å². The van der Waals surface area contributed by atoms with Gasteiger partial charge in [-0.2, -0.15) is 36.7 Å². The van der Waals surface area contributed by atoms with E-state index in [1.807, 2.05) is 18.2 Å². The van der Waals surface area contributed by atoms with E-state index >= 15 is 0 Å². The summed E-state index contributed by atoms with van der Waals surface area (Å²) in [5.74, 6) is -4.73. The molecule has 0 saturated carbocycles. The second-order valence-electron chi connectivity index (χ2n) is 6.78. The third kappa shape index (κ3) is 6.46. The smallest absolute Gasteiger partial charge is 0.475 e. The summed E-state index contributed by atoms with van der Waals surface area (Å²) in [7, 11) is 0. The molecule has 36 heavy (non-hydrogen) atoms. The lowest BCUT2D eigenvalue weighted by molar-refractivity contribution is -0.193. The van der Waals surface area contributed by atoms with Gasteiger partial charge in [0.15, 0.2) is 5.82 Å². The van der Waals surface area contributed by atoms with Crippen LogP contribution in [0.25, 0.3) is 22.6 Å². The van der Waals surface area contributed by atoms with Gasteiger partial charge in [0, 0.05) is 11.1 Å². The highest BCUT2D eigenvalue weighted by molar-refractivity contribution is 5.84. The quantitative estimate of drug-likeness (QED) is 0.353. The number of nitriles is 1. The average Bonchev–Trinajstić information content (AvgIpc) is 3.32. The molecule has 0 amide bonds. The predicted octanol–water partition coefficient (Wildman–Crippen LogP) is 3.35. The van der Waals surface area contributed by atoms with Gasteiger partial charge in [0.05, 0.1) is 5.69 Å². The SMILES string of the molecule is N#Cc1c(N)nc2c(c1-c1ncn[nH]1)CCc1ccccc1-2.O=C(O)C(F)(F)F.O=C(O)C(F)(F)F. The Hall–Kier alpha value is -4.68. The molecular formula is C20H14F6N6O4. The average molecular weight is 516 g/mol. The topological polar surface area (TPSA) is 179 Å². The molecule has 10 nitrogen and oxygen atoms in total. The van der Waals surface area contributed by atoms with Crippen molar-refractivity contribution in [1.29, 1.82) is 5.26 Å². The molecule has 0 bridgehead atoms. The van der Waals surface area contributed by atoms with Crippen molar-refractivity contribution in [3.8, 4) is 28.7 Å². The Bertz CT molecular complexity index is 1280. The molecule has 0 radical (unpaired) electrons. The first-order chi connectivity index (χ1) is 16.7. The number of nitrogens with zero attached hydrogens (tertiary/aromatic N) is 4. The third-order valence-corrected chi connectivity index (χ3v) is 4.49. The number of nitrogens with one attached hydrogen (secondary N) is 1. The number of aromatic nitrogens is 4. The van der Waals surface area contributed by atoms with E-state index in [2.05, 4.69) is 32.3 Å². The number of H-pyrrole nitrogens is 1. The van der Waals surface area contributed by atoms with Crippen molar-refractivity contribution in [1.82, 2.24) is 20.2 Å². The maximum absolute atomic E-state index is 10.6. The van der Waals surface area contributed by atoms with Gasteiger partial charge in [-0.3, -0.25) is 5.10 Å². The van der Waals surface area contributed by atoms with Crippen molar-refractivity contribution in [2.75, 3.05) is 5.73 Å². The number of alkyl halides is 6. The van der Waals surface area contributed by atoms with Gasteiger partial charge >= 0.3 is 24.3 Å². The van der Waals surface area contributed by atoms with Crippen molar-refractivity contribution in [3.05, 3.63) is 47.3 Å². The van der Waals surface area contributed by atoms with Crippen molar-refractivity contribution >= 4 is 17.8 Å². The molecule has 0 fully saturated rings. The van der Waals surface area contributed by atoms with Crippen LogP contribution in [0, 0.1) is 11.3 Å². The van der Waals surface area contributed by atoms with Crippen molar-refractivity contribution in [2.45, 2.75) is 25.2 Å². The number of aromatic amines is 1. The first kappa shape index (κ1) is 27.6. The molecule has 5 N–H and O–H groups in total. The Labute approximate surface area is 197 Å². The minimum Gasteiger partial charge on any atom is -0.475 e. The van der Waals surface area contributed by atoms with E-state index in [9.17, 15) is 31.6 Å². The number of aliphatic carboxylic acids is 2. The molecule has 0 atom stereocenters. The monoisotopic (exact) mass is 516 g/mol. The largest absolute Gasteiger partial charge is 0.490 e. The summed E-state index contributed by atoms with van der Waals surface area (Å²) in [6.45, 7) is 0. The van der Waals surface area contributed by atoms with Gasteiger partial charge in [-0.25, -0.2) is 19.6 Å². The fraction of sp³-hybridized carbons (Fsp3) is 0.200. The molecule has 1 aliphatic carbocycles. The molecule has 190 valence electrons. The highest BCUT2D eigenvalue weighted by Crippen LogP contribution is 2.39. The Morgan fingerprint density at radius 1 is 1.03 bits per heavy atom. The molecule has 3 aromatic rings. The minimum atomic E-state index is -5.08. The van der Waals surface area contributed by atoms with Gasteiger partial charge in [0.2, 0.25) is 0 Å². The number of aryl methyl sites for hydroxylation is 1. The van der Waals surface area contributed by atoms with E-state index in [4.69, 9.17) is 25.5 Å². The fourth-order valence-corrected chi connectivity index (χ4v) is 3.04. The number of pyridine rings is 1. The van der Waals surface area contributed by atoms with E-state index < -0.39 is 24.3 Å². The molecule has 2 aromatic heterocycles. The van der Waals surface area contributed by atoms with Crippen LogP contribution in [0.4, 0.5) is 32.2 Å². The van der Waals surface area contributed by atoms with Gasteiger partial charge < -0.3 is 15.9 Å². The van der Waals surface area contributed by atoms with E-state index in [-0.39, 0.29) is 5.82 Å². The number of hydrogen-bond acceptors (Lipinski definition) is 7. The number of anilines is 1. The highest BCUT2D eigenvalue weighted by Gasteiger charge is 2.38. The summed E-state index contributed by atoms with van der Waals surface area (Å²) in [5, 5.41) is 30.4. The molecule has 1 aliphatic rings. The zero-order valence-corrected chi connectivity index (χ0v) is 17.6. The van der Waals surface area contributed by atoms with Crippen molar-refractivity contribution in [2.24, 2.45) is 0 Å². The van der Waals surface area contributed by atoms with Crippen LogP contribution >= 0.6 is 0 Å². The van der Waals surface area contributed by atoms with Crippen LogP contribution in [-0.2, 0) is 22.4 Å². The fourth-order valence-electron chi connectivity index (χ4n) is 3.04. The molecule has 2 heterocycles. The number of carboxylic acids is 2. The molecule has 16 heteroatoms. The van der Waals surface area contributed by atoms with Gasteiger partial charge in [-0.15, -0.1) is 0 Å². The second kappa shape index (κ2) is 10.7. The molecule has 0 aliphatic heterocycles. The molecule has 1 aromatic carbocycles. The number of fused-ring (bicyclic) bond motifs is 3. The minimum absolute atomic E-state index is 0.226. The predicted molar refractivity (Wildman–Crippen MR) is 109 cm³/mol. The van der Waals surface area contributed by atoms with Gasteiger partial charge in [-0.1, -0.05) is 24.3 Å². The third-order valence-electron chi connectivity index (χ3n) is 4.49. The molecule has 0 unspecified atom stereocenters. The molecule has 0 spiro atoms. The van der Waals surface area contributed by atoms with Crippen LogP contribution < -0.4 is 5.73 Å². The summed E-state index contributed by atoms with van der Waals surface area (Å²) in [6.07, 6.45) is -7.04. The van der Waals surface area contributed by atoms with E-state index in [0.717, 1.165) is 35.2 Å². The first-order valence-electron chi connectivity index (χ1n) is 9.45. The highest BCUT2D eigenvalue weighted by atomic mass is 19.4. The summed E-state index contributed by atoms with van der Waals surface area (Å²) < 4.78 is 63.5. The lowest BCUT2D eigenvalue weighted by atomic mass is 9.85. The van der Waals surface area contributed by atoms with Crippen molar-refractivity contribution in [3.63, 3.8) is 0 Å². The number of carbonyl (C=O) groups is 2. The summed E-state index contributed by atoms with van der Waals surface area (Å²) in [4.78, 5) is 26.5. The van der Waals surface area contributed by atoms with Crippen LogP contribution in [0.5, 0.6) is 0 Å². The number of carboxylic acid groups (broad SMARTS) is 2. The van der Waals surface area contributed by atoms with Gasteiger partial charge in [0.25, 0.3) is 0 Å². The number of hydrogen-bond donors (Lipinski definition) is 4. The standard InChI is InChI=1S/C16H12N6.2C2HF3O2/c17-7-12-13(16-19-8-20-22-16)11-6-5-9-3-1-2-4-10(9)14(11)21-15(12)18;2*3-2(4,5)1(6)7/h1-4,8H,5-6H2,(H2,18,21)(H,19,20,22);2*(H,6,7). The normalized spacial score (nSPS) is 11.9. The number of halogens is 6. The lowest BCUT2D eigenvalue weighted by Gasteiger charge is -2.22. The maximum atomic E-state index is 10.6. The number of benzene rings is 1. The van der Waals surface area contributed by atoms with Gasteiger partial charge in [-0.05, 0) is 24.0 Å². The Kier molecular flexibility index (Phi) is 8.20. The van der Waals surface area contributed by atoms with Crippen LogP contribution in [0.15, 0.2) is 30.6 Å². The van der Waals surface area contributed by atoms with E-state index in [1.165, 1.54) is 11.9 Å². The summed E-state index contributed by atoms with van der Waals surface area (Å²) >= 11 is 0. The van der Waals surface area contributed by atoms with E-state index in [0.29, 0.717) is 11.4 Å². The summed E-state index contributed by atoms with van der Waals surface area (Å²) in [6, 6.07) is 10.3. The number of rotatable bonds is 1. The Morgan fingerprint density at radius 3 is 2.06 bits per heavy atom. The summed E-state index contributed by atoms with van der Waals surface area (Å²) in [5.41, 5.74) is 11.3. The second-order valence-corrected chi connectivity index (χ2v) is 6.78. The molecule has 0 saturated heterocycles. The first-order valence-corrected chi connectivity index (χ1v) is 9.45. The molecular weight excluding hydrogens is 502 g/mol. The Morgan fingerprint density at radius 2 is 1.58 bits per heavy atom. The van der Waals surface area contributed by atoms with E-state index in [1.54, 1.807) is 0 Å². The van der Waals surface area contributed by atoms with Crippen molar-refractivity contribution < 1.29 is 46.1 Å². The number of nitrogen functional groups attached to an aromatic ring is 1. The number of nitrogens with two attached hydrogens (primary N) is 1. The van der Waals surface area contributed by atoms with Crippen LogP contribution in [0.1, 0.15) is 16.7 Å². The zero-order valence-electron chi connectivity index (χ0n) is 17.6. The maximum Gasteiger partial charge on any atom is 0.490 e. The Balaban J connectivity index is 0.000000271. The molecule has 4 rings (SSSR count). The lowest BCUT2D eigenvalue weighted by Crippen LogP contribution is -2.21. The van der Waals surface area contributed by atoms with Crippen LogP contribution in [-0.4, -0.2) is 54.7 Å². The zero-order chi connectivity index (χ0) is 27.3. The van der Waals surface area contributed by atoms with Gasteiger partial charge in [0.1, 0.15) is 23.8 Å². The van der Waals surface area contributed by atoms with Crippen LogP contribution in [0.3, 0.4) is 0 Å².